The Hall–Kier alpha value is -6.44. The summed E-state index contributed by atoms with van der Waals surface area (Å²) in [6.07, 6.45) is 0. The summed E-state index contributed by atoms with van der Waals surface area (Å²) in [7, 11) is 0. The molecule has 1 heteroatoms. The lowest BCUT2D eigenvalue weighted by molar-refractivity contribution is 1.18. The molecule has 0 saturated heterocycles. The van der Waals surface area contributed by atoms with Crippen LogP contribution in [0.15, 0.2) is 188 Å². The van der Waals surface area contributed by atoms with Crippen LogP contribution < -0.4 is 0 Å². The zero-order chi connectivity index (χ0) is 32.3. The topological polar surface area (TPSA) is 4.93 Å². The molecule has 0 radical (unpaired) electrons. The van der Waals surface area contributed by atoms with Gasteiger partial charge in [-0.05, 0) is 90.5 Å². The van der Waals surface area contributed by atoms with Crippen LogP contribution in [0.25, 0.3) is 93.2 Å². The van der Waals surface area contributed by atoms with Gasteiger partial charge < -0.3 is 4.57 Å². The average molecular weight is 622 g/mol. The molecule has 0 atom stereocenters. The number of fused-ring (bicyclic) bond motifs is 9. The Balaban J connectivity index is 1.21. The summed E-state index contributed by atoms with van der Waals surface area (Å²) >= 11 is 0. The van der Waals surface area contributed by atoms with Crippen LogP contribution in [0.5, 0.6) is 0 Å². The molecule has 0 spiro atoms. The molecule has 0 unspecified atom stereocenters. The maximum atomic E-state index is 2.46. The molecular weight excluding hydrogens is 591 g/mol. The Kier molecular flexibility index (Phi) is 6.25. The van der Waals surface area contributed by atoms with Crippen molar-refractivity contribution in [3.05, 3.63) is 188 Å². The molecule has 1 aromatic heterocycles. The van der Waals surface area contributed by atoms with Gasteiger partial charge in [-0.3, -0.25) is 0 Å². The van der Waals surface area contributed by atoms with Crippen molar-refractivity contribution in [3.8, 4) is 39.1 Å². The summed E-state index contributed by atoms with van der Waals surface area (Å²) in [5.74, 6) is 0. The number of hydrogen-bond donors (Lipinski definition) is 0. The molecule has 0 amide bonds. The Bertz CT molecular complexity index is 2840. The van der Waals surface area contributed by atoms with Crippen molar-refractivity contribution in [1.82, 2.24) is 4.57 Å². The van der Waals surface area contributed by atoms with Gasteiger partial charge in [-0.1, -0.05) is 158 Å². The quantitative estimate of drug-likeness (QED) is 0.172. The summed E-state index contributed by atoms with van der Waals surface area (Å²) in [6, 6.07) is 68.7. The maximum Gasteiger partial charge on any atom is 0.0547 e. The second-order valence-electron chi connectivity index (χ2n) is 12.9. The first-order chi connectivity index (χ1) is 24.3. The van der Waals surface area contributed by atoms with Crippen molar-refractivity contribution in [1.29, 1.82) is 0 Å². The van der Waals surface area contributed by atoms with Crippen molar-refractivity contribution >= 4 is 54.1 Å². The van der Waals surface area contributed by atoms with Gasteiger partial charge in [0.05, 0.1) is 16.7 Å². The van der Waals surface area contributed by atoms with E-state index in [1.54, 1.807) is 0 Å². The largest absolute Gasteiger partial charge is 0.309 e. The van der Waals surface area contributed by atoms with Crippen molar-refractivity contribution in [2.45, 2.75) is 0 Å². The number of rotatable bonds is 4. The molecule has 0 aliphatic carbocycles. The SMILES string of the molecule is c1ccc(-c2ccc3c4ccc(-c5ccccc5-n5c6ccccc6c6ccc(-c7ccccc7)cc65)cc4c4ccccc4c3c2)cc1. The molecule has 0 saturated carbocycles. The average Bonchev–Trinajstić information content (AvgIpc) is 3.52. The van der Waals surface area contributed by atoms with Crippen LogP contribution in [-0.4, -0.2) is 4.57 Å². The van der Waals surface area contributed by atoms with Gasteiger partial charge in [-0.15, -0.1) is 0 Å². The highest BCUT2D eigenvalue weighted by molar-refractivity contribution is 6.26. The number of hydrogen-bond acceptors (Lipinski definition) is 0. The third-order valence-corrected chi connectivity index (χ3v) is 10.2. The Morgan fingerprint density at radius 2 is 0.694 bits per heavy atom. The van der Waals surface area contributed by atoms with Gasteiger partial charge in [0.25, 0.3) is 0 Å². The molecule has 49 heavy (non-hydrogen) atoms. The molecule has 228 valence electrons. The molecule has 0 N–H and O–H groups in total. The normalized spacial score (nSPS) is 11.7. The lowest BCUT2D eigenvalue weighted by atomic mass is 9.90. The van der Waals surface area contributed by atoms with Gasteiger partial charge in [-0.2, -0.15) is 0 Å². The molecule has 0 aliphatic rings. The van der Waals surface area contributed by atoms with Crippen LogP contribution in [-0.2, 0) is 0 Å². The fraction of sp³-hybridized carbons (Fsp3) is 0. The first-order valence-electron chi connectivity index (χ1n) is 16.9. The standard InChI is InChI=1S/C48H31N/c1-3-13-32(14-4-1)34-23-26-40-41-27-25-36(30-45(41)39-19-8-7-18-38(39)44(40)29-34)37-17-9-11-21-46(37)49-47-22-12-10-20-42(47)43-28-24-35(31-48(43)49)33-15-5-2-6-16-33/h1-31H. The third-order valence-electron chi connectivity index (χ3n) is 10.2. The van der Waals surface area contributed by atoms with Gasteiger partial charge in [0.2, 0.25) is 0 Å². The van der Waals surface area contributed by atoms with E-state index in [-0.39, 0.29) is 0 Å². The molecule has 9 aromatic carbocycles. The first-order valence-corrected chi connectivity index (χ1v) is 16.9. The molecule has 1 heterocycles. The van der Waals surface area contributed by atoms with Gasteiger partial charge in [0, 0.05) is 16.3 Å². The molecule has 0 aliphatic heterocycles. The highest BCUT2D eigenvalue weighted by Crippen LogP contribution is 2.41. The van der Waals surface area contributed by atoms with E-state index in [9.17, 15) is 0 Å². The summed E-state index contributed by atoms with van der Waals surface area (Å²) < 4.78 is 2.46. The summed E-state index contributed by atoms with van der Waals surface area (Å²) in [5, 5.41) is 10.2. The fourth-order valence-corrected chi connectivity index (χ4v) is 7.89. The van der Waals surface area contributed by atoms with E-state index >= 15 is 0 Å². The summed E-state index contributed by atoms with van der Waals surface area (Å²) in [6.45, 7) is 0. The monoisotopic (exact) mass is 621 g/mol. The van der Waals surface area contributed by atoms with E-state index in [1.165, 1.54) is 93.2 Å². The Labute approximate surface area is 284 Å². The van der Waals surface area contributed by atoms with Crippen LogP contribution in [0.2, 0.25) is 0 Å². The molecule has 10 rings (SSSR count). The van der Waals surface area contributed by atoms with E-state index in [0.717, 1.165) is 0 Å². The molecule has 0 bridgehead atoms. The lowest BCUT2D eigenvalue weighted by Gasteiger charge is -2.16. The minimum atomic E-state index is 1.18. The number of nitrogens with zero attached hydrogens (tertiary/aromatic N) is 1. The van der Waals surface area contributed by atoms with Crippen molar-refractivity contribution < 1.29 is 0 Å². The predicted molar refractivity (Wildman–Crippen MR) is 210 cm³/mol. The molecule has 0 fully saturated rings. The van der Waals surface area contributed by atoms with Crippen molar-refractivity contribution in [3.63, 3.8) is 0 Å². The van der Waals surface area contributed by atoms with E-state index < -0.39 is 0 Å². The van der Waals surface area contributed by atoms with Gasteiger partial charge in [-0.25, -0.2) is 0 Å². The third kappa shape index (κ3) is 4.40. The van der Waals surface area contributed by atoms with Crippen LogP contribution in [0.4, 0.5) is 0 Å². The highest BCUT2D eigenvalue weighted by Gasteiger charge is 2.17. The predicted octanol–water partition coefficient (Wildman–Crippen LogP) is 13.2. The Morgan fingerprint density at radius 1 is 0.245 bits per heavy atom. The van der Waals surface area contributed by atoms with Crippen LogP contribution in [0.3, 0.4) is 0 Å². The van der Waals surface area contributed by atoms with E-state index in [1.807, 2.05) is 0 Å². The van der Waals surface area contributed by atoms with E-state index in [0.29, 0.717) is 0 Å². The first kappa shape index (κ1) is 27.7. The van der Waals surface area contributed by atoms with Gasteiger partial charge >= 0.3 is 0 Å². The maximum absolute atomic E-state index is 2.46. The minimum Gasteiger partial charge on any atom is -0.309 e. The number of benzene rings is 9. The lowest BCUT2D eigenvalue weighted by Crippen LogP contribution is -1.97. The van der Waals surface area contributed by atoms with E-state index in [2.05, 4.69) is 193 Å². The van der Waals surface area contributed by atoms with Crippen molar-refractivity contribution in [2.24, 2.45) is 0 Å². The van der Waals surface area contributed by atoms with Crippen molar-refractivity contribution in [2.75, 3.05) is 0 Å². The smallest absolute Gasteiger partial charge is 0.0547 e. The second kappa shape index (κ2) is 11.1. The van der Waals surface area contributed by atoms with Crippen LogP contribution in [0.1, 0.15) is 0 Å². The molecule has 10 aromatic rings. The van der Waals surface area contributed by atoms with Crippen LogP contribution >= 0.6 is 0 Å². The Morgan fingerprint density at radius 3 is 1.37 bits per heavy atom. The molecule has 1 nitrogen and oxygen atoms in total. The highest BCUT2D eigenvalue weighted by atomic mass is 15.0. The minimum absolute atomic E-state index is 1.18. The summed E-state index contributed by atoms with van der Waals surface area (Å²) in [4.78, 5) is 0. The number of para-hydroxylation sites is 2. The zero-order valence-corrected chi connectivity index (χ0v) is 26.8. The van der Waals surface area contributed by atoms with Gasteiger partial charge in [0.15, 0.2) is 0 Å². The van der Waals surface area contributed by atoms with E-state index in [4.69, 9.17) is 0 Å². The second-order valence-corrected chi connectivity index (χ2v) is 12.9. The fourth-order valence-electron chi connectivity index (χ4n) is 7.89. The summed E-state index contributed by atoms with van der Waals surface area (Å²) in [5.41, 5.74) is 10.9. The van der Waals surface area contributed by atoms with Gasteiger partial charge in [0.1, 0.15) is 0 Å². The zero-order valence-electron chi connectivity index (χ0n) is 26.8. The van der Waals surface area contributed by atoms with Crippen LogP contribution in [0, 0.1) is 0 Å². The number of aromatic nitrogens is 1. The molecular formula is C48H31N.